The Kier molecular flexibility index (Phi) is 8.10. The van der Waals surface area contributed by atoms with Gasteiger partial charge in [-0.3, -0.25) is 0 Å². The molecular weight excluding hydrogens is 544 g/mol. The van der Waals surface area contributed by atoms with Crippen LogP contribution in [0.25, 0.3) is 0 Å². The van der Waals surface area contributed by atoms with Gasteiger partial charge in [0.1, 0.15) is 24.4 Å². The summed E-state index contributed by atoms with van der Waals surface area (Å²) in [4.78, 5) is 0. The number of aliphatic hydroxyl groups is 5. The van der Waals surface area contributed by atoms with Gasteiger partial charge in [0.05, 0.1) is 19.3 Å². The molecule has 0 aromatic carbocycles. The summed E-state index contributed by atoms with van der Waals surface area (Å²) in [6.45, 7) is 19.1. The van der Waals surface area contributed by atoms with E-state index < -0.39 is 37.3 Å². The highest BCUT2D eigenvalue weighted by atomic mass is 16.7. The van der Waals surface area contributed by atoms with E-state index in [9.17, 15) is 25.5 Å². The predicted octanol–water partition coefficient (Wildman–Crippen LogP) is 4.82. The van der Waals surface area contributed by atoms with Crippen LogP contribution in [0.1, 0.15) is 106 Å². The van der Waals surface area contributed by atoms with Gasteiger partial charge in [-0.25, -0.2) is 0 Å². The van der Waals surface area contributed by atoms with Crippen molar-refractivity contribution in [3.05, 3.63) is 12.2 Å². The first-order valence-corrected chi connectivity index (χ1v) is 17.3. The lowest BCUT2D eigenvalue weighted by Gasteiger charge is -2.73. The molecule has 0 aromatic heterocycles. The number of fused-ring (bicyclic) bond motifs is 7. The average molecular weight is 605 g/mol. The van der Waals surface area contributed by atoms with Gasteiger partial charge in [0.15, 0.2) is 6.29 Å². The number of ether oxygens (including phenoxy) is 2. The molecule has 0 radical (unpaired) electrons. The molecule has 0 spiro atoms. The molecule has 0 bridgehead atoms. The minimum absolute atomic E-state index is 0.0512. The lowest BCUT2D eigenvalue weighted by molar-refractivity contribution is -0.304. The molecule has 7 heteroatoms. The van der Waals surface area contributed by atoms with Crippen molar-refractivity contribution in [3.63, 3.8) is 0 Å². The zero-order valence-corrected chi connectivity index (χ0v) is 27.6. The highest BCUT2D eigenvalue weighted by molar-refractivity contribution is 5.21. The van der Waals surface area contributed by atoms with Gasteiger partial charge in [-0.05, 0) is 128 Å². The molecule has 1 saturated heterocycles. The second-order valence-corrected chi connectivity index (χ2v) is 17.4. The van der Waals surface area contributed by atoms with E-state index in [0.717, 1.165) is 38.5 Å². The van der Waals surface area contributed by atoms with Gasteiger partial charge in [-0.1, -0.05) is 46.8 Å². The zero-order chi connectivity index (χ0) is 31.3. The van der Waals surface area contributed by atoms with Crippen LogP contribution in [0.15, 0.2) is 12.2 Å². The molecule has 246 valence electrons. The van der Waals surface area contributed by atoms with E-state index in [1.807, 2.05) is 0 Å². The quantitative estimate of drug-likeness (QED) is 0.286. The van der Waals surface area contributed by atoms with Crippen LogP contribution in [0.3, 0.4) is 0 Å². The van der Waals surface area contributed by atoms with Gasteiger partial charge in [0, 0.05) is 0 Å². The molecule has 6 fully saturated rings. The van der Waals surface area contributed by atoms with Gasteiger partial charge in [0.25, 0.3) is 0 Å². The lowest BCUT2D eigenvalue weighted by Crippen LogP contribution is -2.67. The third-order valence-corrected chi connectivity index (χ3v) is 15.6. The van der Waals surface area contributed by atoms with E-state index in [1.54, 1.807) is 0 Å². The summed E-state index contributed by atoms with van der Waals surface area (Å²) < 4.78 is 11.8. The summed E-state index contributed by atoms with van der Waals surface area (Å²) in [5.41, 5.74) is 1.78. The molecule has 43 heavy (non-hydrogen) atoms. The van der Waals surface area contributed by atoms with Crippen LogP contribution in [0.2, 0.25) is 0 Å². The fourth-order valence-electron chi connectivity index (χ4n) is 13.0. The second-order valence-electron chi connectivity index (χ2n) is 17.4. The first-order valence-electron chi connectivity index (χ1n) is 17.3. The fraction of sp³-hybridized carbons (Fsp3) is 0.944. The van der Waals surface area contributed by atoms with Crippen LogP contribution in [0, 0.1) is 56.7 Å². The molecule has 5 N–H and O–H groups in total. The largest absolute Gasteiger partial charge is 0.394 e. The van der Waals surface area contributed by atoms with Crippen molar-refractivity contribution in [3.8, 4) is 0 Å². The van der Waals surface area contributed by atoms with Crippen molar-refractivity contribution < 1.29 is 35.0 Å². The van der Waals surface area contributed by atoms with Gasteiger partial charge >= 0.3 is 0 Å². The SMILES string of the molecule is C=C(C)[C@@H]1CC[C@]2(CO[C@@H]3[C@@H](O)[C@@H](O)[C@@H](CO)O[C@H]3O)CC[C@]3(C)[C@H](CC[C@@H]4[C@@]5(C)CCC(O)C(C)(C)[C@@H]5CC[C@]43C)[C@@H]12. The number of hydrogen-bond acceptors (Lipinski definition) is 7. The molecule has 0 aromatic rings. The summed E-state index contributed by atoms with van der Waals surface area (Å²) >= 11 is 0. The van der Waals surface area contributed by atoms with Crippen LogP contribution >= 0.6 is 0 Å². The molecular formula is C36H60O7. The monoisotopic (exact) mass is 604 g/mol. The molecule has 5 saturated carbocycles. The summed E-state index contributed by atoms with van der Waals surface area (Å²) in [7, 11) is 0. The Morgan fingerprint density at radius 2 is 1.53 bits per heavy atom. The molecule has 7 nitrogen and oxygen atoms in total. The smallest absolute Gasteiger partial charge is 0.184 e. The molecule has 1 heterocycles. The molecule has 0 amide bonds. The molecule has 1 aliphatic heterocycles. The van der Waals surface area contributed by atoms with Crippen molar-refractivity contribution >= 4 is 0 Å². The van der Waals surface area contributed by atoms with E-state index >= 15 is 0 Å². The Balaban J connectivity index is 1.29. The van der Waals surface area contributed by atoms with Crippen molar-refractivity contribution in [1.29, 1.82) is 0 Å². The molecule has 6 rings (SSSR count). The summed E-state index contributed by atoms with van der Waals surface area (Å²) in [6.07, 6.45) is 4.83. The number of allylic oxidation sites excluding steroid dienone is 1. The average Bonchev–Trinajstić information content (AvgIpc) is 3.33. The maximum atomic E-state index is 11.0. The number of rotatable bonds is 5. The van der Waals surface area contributed by atoms with Crippen LogP contribution in [-0.2, 0) is 9.47 Å². The van der Waals surface area contributed by atoms with Gasteiger partial charge in [-0.2, -0.15) is 0 Å². The maximum absolute atomic E-state index is 11.0. The normalized spacial score (nSPS) is 55.9. The highest BCUT2D eigenvalue weighted by Gasteiger charge is 2.71. The van der Waals surface area contributed by atoms with E-state index in [1.165, 1.54) is 31.3 Å². The Morgan fingerprint density at radius 3 is 2.21 bits per heavy atom. The fourth-order valence-corrected chi connectivity index (χ4v) is 13.0. The molecule has 1 unspecified atom stereocenters. The second kappa shape index (κ2) is 10.7. The zero-order valence-electron chi connectivity index (χ0n) is 27.6. The van der Waals surface area contributed by atoms with E-state index in [-0.39, 0.29) is 33.2 Å². The number of aliphatic hydroxyl groups excluding tert-OH is 5. The van der Waals surface area contributed by atoms with Crippen LogP contribution < -0.4 is 0 Å². The first kappa shape index (κ1) is 32.4. The van der Waals surface area contributed by atoms with E-state index in [4.69, 9.17) is 9.47 Å². The third kappa shape index (κ3) is 4.45. The van der Waals surface area contributed by atoms with Crippen molar-refractivity contribution in [2.75, 3.05) is 13.2 Å². The molecule has 15 atom stereocenters. The third-order valence-electron chi connectivity index (χ3n) is 15.6. The van der Waals surface area contributed by atoms with Gasteiger partial charge < -0.3 is 35.0 Å². The minimum Gasteiger partial charge on any atom is -0.394 e. The van der Waals surface area contributed by atoms with Crippen molar-refractivity contribution in [1.82, 2.24) is 0 Å². The lowest BCUT2D eigenvalue weighted by atomic mass is 9.32. The van der Waals surface area contributed by atoms with Crippen LogP contribution in [0.4, 0.5) is 0 Å². The number of hydrogen-bond donors (Lipinski definition) is 5. The molecule has 5 aliphatic carbocycles. The summed E-state index contributed by atoms with van der Waals surface area (Å²) in [5.74, 6) is 2.57. The maximum Gasteiger partial charge on any atom is 0.184 e. The highest BCUT2D eigenvalue weighted by Crippen LogP contribution is 2.77. The van der Waals surface area contributed by atoms with Gasteiger partial charge in [0.2, 0.25) is 0 Å². The molecule has 6 aliphatic rings. The Hall–Kier alpha value is -0.540. The van der Waals surface area contributed by atoms with E-state index in [0.29, 0.717) is 36.2 Å². The van der Waals surface area contributed by atoms with Gasteiger partial charge in [-0.15, -0.1) is 0 Å². The van der Waals surface area contributed by atoms with Crippen molar-refractivity contribution in [2.24, 2.45) is 56.7 Å². The summed E-state index contributed by atoms with van der Waals surface area (Å²) in [6, 6.07) is 0. The first-order chi connectivity index (χ1) is 20.1. The Bertz CT molecular complexity index is 1080. The van der Waals surface area contributed by atoms with Crippen LogP contribution in [0.5, 0.6) is 0 Å². The Morgan fingerprint density at radius 1 is 0.814 bits per heavy atom. The predicted molar refractivity (Wildman–Crippen MR) is 165 cm³/mol. The Labute approximate surface area is 259 Å². The van der Waals surface area contributed by atoms with Crippen LogP contribution in [-0.4, -0.2) is 75.6 Å². The standard InChI is InChI=1S/C36H60O7/c1-20(2)21-10-15-36(19-42-30-29(40)28(39)23(18-37)43-31(30)41)17-16-34(6)22(27(21)36)8-9-25-33(5)13-12-26(38)32(3,4)24(33)11-14-35(25,34)7/h21-31,37-41H,1,8-19H2,2-7H3/t21-,22+,23+,24-,25+,26?,27+,28-,29-,30+,31+,33-,34+,35+,36+/m0/s1. The topological polar surface area (TPSA) is 120 Å². The minimum atomic E-state index is -1.40. The van der Waals surface area contributed by atoms with Crippen molar-refractivity contribution in [2.45, 2.75) is 143 Å². The summed E-state index contributed by atoms with van der Waals surface area (Å²) in [5, 5.41) is 52.5. The van der Waals surface area contributed by atoms with E-state index in [2.05, 4.69) is 48.1 Å².